The Morgan fingerprint density at radius 3 is 2.41 bits per heavy atom. The molecule has 1 amide bonds. The summed E-state index contributed by atoms with van der Waals surface area (Å²) >= 11 is 6.22. The fourth-order valence-electron chi connectivity index (χ4n) is 3.00. The molecule has 140 valence electrons. The summed E-state index contributed by atoms with van der Waals surface area (Å²) in [5, 5.41) is 6.09. The van der Waals surface area contributed by atoms with Crippen molar-refractivity contribution in [3.05, 3.63) is 75.2 Å². The molecule has 1 aromatic heterocycles. The van der Waals surface area contributed by atoms with Gasteiger partial charge in [-0.1, -0.05) is 61.8 Å². The average Bonchev–Trinajstić information content (AvgIpc) is 2.65. The third-order valence-electron chi connectivity index (χ3n) is 4.32. The molecule has 0 fully saturated rings. The summed E-state index contributed by atoms with van der Waals surface area (Å²) < 4.78 is 1.39. The van der Waals surface area contributed by atoms with Gasteiger partial charge in [-0.3, -0.25) is 9.59 Å². The standard InChI is InChI=1S/C21H22ClN3O2/c1-14(2)12-25-20(26)17-10-6-5-9-16(17)19(23-25)21(27)24(3)13-15-8-4-7-11-18(15)22/h4-11,14H,12-13H2,1-3H3. The largest absolute Gasteiger partial charge is 0.336 e. The van der Waals surface area contributed by atoms with Crippen LogP contribution < -0.4 is 5.56 Å². The Bertz CT molecular complexity index is 1040. The Kier molecular flexibility index (Phi) is 5.61. The first-order valence-electron chi connectivity index (χ1n) is 8.87. The van der Waals surface area contributed by atoms with E-state index in [2.05, 4.69) is 5.10 Å². The molecule has 5 nitrogen and oxygen atoms in total. The summed E-state index contributed by atoms with van der Waals surface area (Å²) in [4.78, 5) is 27.4. The second-order valence-electron chi connectivity index (χ2n) is 7.03. The summed E-state index contributed by atoms with van der Waals surface area (Å²) in [7, 11) is 1.71. The molecule has 0 bridgehead atoms. The first kappa shape index (κ1) is 19.1. The molecule has 0 aliphatic rings. The smallest absolute Gasteiger partial charge is 0.274 e. The Labute approximate surface area is 163 Å². The van der Waals surface area contributed by atoms with Gasteiger partial charge in [0.2, 0.25) is 0 Å². The highest BCUT2D eigenvalue weighted by molar-refractivity contribution is 6.31. The maximum absolute atomic E-state index is 13.1. The van der Waals surface area contributed by atoms with E-state index < -0.39 is 0 Å². The van der Waals surface area contributed by atoms with Gasteiger partial charge in [-0.15, -0.1) is 0 Å². The zero-order valence-electron chi connectivity index (χ0n) is 15.6. The second-order valence-corrected chi connectivity index (χ2v) is 7.44. The number of nitrogens with zero attached hydrogens (tertiary/aromatic N) is 3. The highest BCUT2D eigenvalue weighted by Crippen LogP contribution is 2.19. The fourth-order valence-corrected chi connectivity index (χ4v) is 3.19. The van der Waals surface area contributed by atoms with E-state index in [1.54, 1.807) is 42.3 Å². The lowest BCUT2D eigenvalue weighted by Crippen LogP contribution is -2.32. The van der Waals surface area contributed by atoms with Crippen LogP contribution in [-0.4, -0.2) is 27.6 Å². The average molecular weight is 384 g/mol. The fraction of sp³-hybridized carbons (Fsp3) is 0.286. The Morgan fingerprint density at radius 1 is 1.11 bits per heavy atom. The van der Waals surface area contributed by atoms with Crippen LogP contribution in [0.1, 0.15) is 29.9 Å². The first-order valence-corrected chi connectivity index (χ1v) is 9.25. The number of benzene rings is 2. The molecular weight excluding hydrogens is 362 g/mol. The zero-order valence-corrected chi connectivity index (χ0v) is 16.4. The molecule has 0 aliphatic heterocycles. The summed E-state index contributed by atoms with van der Waals surface area (Å²) in [6, 6.07) is 14.5. The van der Waals surface area contributed by atoms with Crippen LogP contribution in [-0.2, 0) is 13.1 Å². The number of rotatable bonds is 5. The van der Waals surface area contributed by atoms with Crippen molar-refractivity contribution in [3.63, 3.8) is 0 Å². The Hall–Kier alpha value is -2.66. The predicted molar refractivity (Wildman–Crippen MR) is 108 cm³/mol. The van der Waals surface area contributed by atoms with Crippen LogP contribution in [0.2, 0.25) is 5.02 Å². The van der Waals surface area contributed by atoms with Gasteiger partial charge in [0.05, 0.1) is 5.39 Å². The zero-order chi connectivity index (χ0) is 19.6. The third-order valence-corrected chi connectivity index (χ3v) is 4.69. The lowest BCUT2D eigenvalue weighted by atomic mass is 10.1. The predicted octanol–water partition coefficient (Wildman–Crippen LogP) is 3.98. The van der Waals surface area contributed by atoms with E-state index in [1.165, 1.54) is 4.68 Å². The molecule has 3 aromatic rings. The van der Waals surface area contributed by atoms with E-state index >= 15 is 0 Å². The summed E-state index contributed by atoms with van der Waals surface area (Å²) in [6.07, 6.45) is 0. The van der Waals surface area contributed by atoms with Gasteiger partial charge in [-0.25, -0.2) is 4.68 Å². The Morgan fingerprint density at radius 2 is 1.74 bits per heavy atom. The van der Waals surface area contributed by atoms with Gasteiger partial charge in [-0.2, -0.15) is 5.10 Å². The number of amides is 1. The summed E-state index contributed by atoms with van der Waals surface area (Å²) in [6.45, 7) is 4.83. The van der Waals surface area contributed by atoms with Gasteiger partial charge in [0.25, 0.3) is 11.5 Å². The van der Waals surface area contributed by atoms with Gasteiger partial charge in [-0.05, 0) is 23.6 Å². The van der Waals surface area contributed by atoms with E-state index in [-0.39, 0.29) is 23.1 Å². The van der Waals surface area contributed by atoms with Gasteiger partial charge < -0.3 is 4.90 Å². The van der Waals surface area contributed by atoms with Crippen molar-refractivity contribution in [1.29, 1.82) is 0 Å². The monoisotopic (exact) mass is 383 g/mol. The lowest BCUT2D eigenvalue weighted by molar-refractivity contribution is 0.0778. The third kappa shape index (κ3) is 4.03. The number of hydrogen-bond acceptors (Lipinski definition) is 3. The molecule has 0 saturated heterocycles. The molecule has 0 saturated carbocycles. The number of fused-ring (bicyclic) bond motifs is 1. The maximum Gasteiger partial charge on any atom is 0.274 e. The minimum atomic E-state index is -0.247. The van der Waals surface area contributed by atoms with Gasteiger partial charge in [0, 0.05) is 30.5 Å². The molecule has 0 unspecified atom stereocenters. The maximum atomic E-state index is 13.1. The minimum Gasteiger partial charge on any atom is -0.336 e. The van der Waals surface area contributed by atoms with Crippen LogP contribution in [0.5, 0.6) is 0 Å². The second kappa shape index (κ2) is 7.92. The van der Waals surface area contributed by atoms with E-state index in [1.807, 2.05) is 32.0 Å². The highest BCUT2D eigenvalue weighted by Gasteiger charge is 2.20. The molecular formula is C21H22ClN3O2. The van der Waals surface area contributed by atoms with Gasteiger partial charge in [0.15, 0.2) is 5.69 Å². The van der Waals surface area contributed by atoms with Crippen LogP contribution in [0.15, 0.2) is 53.3 Å². The number of hydrogen-bond donors (Lipinski definition) is 0. The number of halogens is 1. The minimum absolute atomic E-state index is 0.176. The van der Waals surface area contributed by atoms with Crippen molar-refractivity contribution in [2.45, 2.75) is 26.9 Å². The molecule has 0 atom stereocenters. The van der Waals surface area contributed by atoms with E-state index in [0.29, 0.717) is 28.9 Å². The van der Waals surface area contributed by atoms with Crippen molar-refractivity contribution in [2.75, 3.05) is 7.05 Å². The number of aromatic nitrogens is 2. The summed E-state index contributed by atoms with van der Waals surface area (Å²) in [5.74, 6) is -0.0104. The van der Waals surface area contributed by atoms with Gasteiger partial charge >= 0.3 is 0 Å². The van der Waals surface area contributed by atoms with Crippen LogP contribution in [0.3, 0.4) is 0 Å². The van der Waals surface area contributed by atoms with Crippen molar-refractivity contribution in [2.24, 2.45) is 5.92 Å². The molecule has 27 heavy (non-hydrogen) atoms. The van der Waals surface area contributed by atoms with E-state index in [0.717, 1.165) is 5.56 Å². The first-order chi connectivity index (χ1) is 12.9. The highest BCUT2D eigenvalue weighted by atomic mass is 35.5. The SMILES string of the molecule is CC(C)Cn1nc(C(=O)N(C)Cc2ccccc2Cl)c2ccccc2c1=O. The number of carbonyl (C=O) groups is 1. The van der Waals surface area contributed by atoms with Crippen molar-refractivity contribution < 1.29 is 4.79 Å². The lowest BCUT2D eigenvalue weighted by Gasteiger charge is -2.19. The topological polar surface area (TPSA) is 55.2 Å². The molecule has 0 aliphatic carbocycles. The Balaban J connectivity index is 2.04. The van der Waals surface area contributed by atoms with Crippen molar-refractivity contribution in [1.82, 2.24) is 14.7 Å². The quantitative estimate of drug-likeness (QED) is 0.669. The van der Waals surface area contributed by atoms with Crippen molar-refractivity contribution >= 4 is 28.3 Å². The van der Waals surface area contributed by atoms with Crippen LogP contribution in [0.4, 0.5) is 0 Å². The molecule has 0 spiro atoms. The molecule has 2 aromatic carbocycles. The van der Waals surface area contributed by atoms with E-state index in [4.69, 9.17) is 11.6 Å². The van der Waals surface area contributed by atoms with Crippen LogP contribution >= 0.6 is 11.6 Å². The summed E-state index contributed by atoms with van der Waals surface area (Å²) in [5.41, 5.74) is 0.958. The molecule has 0 N–H and O–H groups in total. The molecule has 6 heteroatoms. The number of carbonyl (C=O) groups excluding carboxylic acids is 1. The van der Waals surface area contributed by atoms with Crippen LogP contribution in [0.25, 0.3) is 10.8 Å². The normalized spacial score (nSPS) is 11.1. The molecule has 3 rings (SSSR count). The van der Waals surface area contributed by atoms with E-state index in [9.17, 15) is 9.59 Å². The van der Waals surface area contributed by atoms with Crippen molar-refractivity contribution in [3.8, 4) is 0 Å². The molecule has 1 heterocycles. The van der Waals surface area contributed by atoms with Gasteiger partial charge in [0.1, 0.15) is 0 Å². The molecule has 0 radical (unpaired) electrons. The van der Waals surface area contributed by atoms with Crippen LogP contribution in [0, 0.1) is 5.92 Å².